The number of hydrogen-bond donors (Lipinski definition) is 1. The van der Waals surface area contributed by atoms with E-state index >= 15 is 0 Å². The molecule has 0 radical (unpaired) electrons. The Morgan fingerprint density at radius 3 is 2.32 bits per heavy atom. The molecule has 0 aliphatic heterocycles. The summed E-state index contributed by atoms with van der Waals surface area (Å²) in [5.74, 6) is 1.27. The lowest BCUT2D eigenvalue weighted by Gasteiger charge is -2.16. The molecule has 186 valence electrons. The lowest BCUT2D eigenvalue weighted by Crippen LogP contribution is -2.13. The van der Waals surface area contributed by atoms with E-state index < -0.39 is 0 Å². The maximum Gasteiger partial charge on any atom is 0.177 e. The van der Waals surface area contributed by atoms with Gasteiger partial charge in [0, 0.05) is 17.8 Å². The molecule has 0 bridgehead atoms. The second kappa shape index (κ2) is 11.7. The zero-order valence-corrected chi connectivity index (χ0v) is 22.4. The molecule has 7 nitrogen and oxygen atoms in total. The van der Waals surface area contributed by atoms with Gasteiger partial charge in [0.25, 0.3) is 0 Å². The van der Waals surface area contributed by atoms with Crippen LogP contribution in [-0.2, 0) is 0 Å². The van der Waals surface area contributed by atoms with E-state index in [4.69, 9.17) is 20.1 Å². The predicted molar refractivity (Wildman–Crippen MR) is 143 cm³/mol. The minimum absolute atomic E-state index is 0.340. The number of unbranched alkanes of at least 4 members (excludes halogenated alkanes) is 2. The van der Waals surface area contributed by atoms with Gasteiger partial charge in [0.2, 0.25) is 0 Å². The molecule has 0 fully saturated rings. The van der Waals surface area contributed by atoms with Crippen LogP contribution in [0.5, 0.6) is 0 Å². The first-order valence-electron chi connectivity index (χ1n) is 12.9. The molecule has 3 aromatic heterocycles. The van der Waals surface area contributed by atoms with Crippen LogP contribution in [0.15, 0.2) is 12.1 Å². The van der Waals surface area contributed by atoms with Crippen LogP contribution >= 0.6 is 0 Å². The molecule has 1 N–H and O–H groups in total. The minimum atomic E-state index is 0.340. The monoisotopic (exact) mass is 465 g/mol. The van der Waals surface area contributed by atoms with Crippen LogP contribution in [0.1, 0.15) is 88.8 Å². The minimum Gasteiger partial charge on any atom is -0.370 e. The van der Waals surface area contributed by atoms with Crippen molar-refractivity contribution in [2.24, 2.45) is 0 Å². The van der Waals surface area contributed by atoms with Crippen LogP contribution in [0.3, 0.4) is 0 Å². The number of anilines is 1. The molecule has 0 aliphatic rings. The second-order valence-electron chi connectivity index (χ2n) is 9.91. The summed E-state index contributed by atoms with van der Waals surface area (Å²) in [7, 11) is 4.25. The number of nitrogens with zero attached hydrogens (tertiary/aromatic N) is 6. The number of nitrogens with one attached hydrogen (secondary N) is 1. The summed E-state index contributed by atoms with van der Waals surface area (Å²) >= 11 is 0. The Labute approximate surface area is 205 Å². The van der Waals surface area contributed by atoms with Crippen molar-refractivity contribution in [3.8, 4) is 11.3 Å². The van der Waals surface area contributed by atoms with Crippen molar-refractivity contribution in [3.63, 3.8) is 0 Å². The molecule has 3 rings (SSSR count). The highest BCUT2D eigenvalue weighted by Gasteiger charge is 2.20. The Morgan fingerprint density at radius 2 is 1.68 bits per heavy atom. The van der Waals surface area contributed by atoms with Crippen molar-refractivity contribution in [1.29, 1.82) is 0 Å². The summed E-state index contributed by atoms with van der Waals surface area (Å²) in [6.07, 6.45) is 5.58. The van der Waals surface area contributed by atoms with Crippen LogP contribution in [0.4, 0.5) is 5.82 Å². The van der Waals surface area contributed by atoms with Crippen molar-refractivity contribution >= 4 is 17.0 Å². The van der Waals surface area contributed by atoms with E-state index in [1.807, 2.05) is 13.8 Å². The van der Waals surface area contributed by atoms with Crippen LogP contribution in [-0.4, -0.2) is 56.8 Å². The highest BCUT2D eigenvalue weighted by molar-refractivity contribution is 5.81. The van der Waals surface area contributed by atoms with E-state index in [-0.39, 0.29) is 0 Å². The van der Waals surface area contributed by atoms with Gasteiger partial charge in [0.1, 0.15) is 11.3 Å². The van der Waals surface area contributed by atoms with Crippen LogP contribution in [0, 0.1) is 13.8 Å². The topological polar surface area (TPSA) is 71.8 Å². The highest BCUT2D eigenvalue weighted by atomic mass is 15.3. The van der Waals surface area contributed by atoms with Crippen molar-refractivity contribution in [3.05, 3.63) is 29.2 Å². The average molecular weight is 466 g/mol. The fraction of sp³-hybridized carbons (Fsp3) is 0.630. The number of fused-ring (bicyclic) bond motifs is 1. The van der Waals surface area contributed by atoms with Gasteiger partial charge < -0.3 is 10.2 Å². The first kappa shape index (κ1) is 26.1. The van der Waals surface area contributed by atoms with Gasteiger partial charge in [-0.25, -0.2) is 19.6 Å². The van der Waals surface area contributed by atoms with E-state index in [9.17, 15) is 0 Å². The maximum atomic E-state index is 5.10. The Balaban J connectivity index is 1.95. The average Bonchev–Trinajstić information content (AvgIpc) is 3.11. The smallest absolute Gasteiger partial charge is 0.177 e. The molecule has 0 saturated carbocycles. The van der Waals surface area contributed by atoms with Crippen molar-refractivity contribution < 1.29 is 0 Å². The van der Waals surface area contributed by atoms with Gasteiger partial charge in [-0.2, -0.15) is 5.10 Å². The quantitative estimate of drug-likeness (QED) is 0.324. The summed E-state index contributed by atoms with van der Waals surface area (Å²) < 4.78 is 2.07. The molecule has 0 spiro atoms. The lowest BCUT2D eigenvalue weighted by molar-refractivity contribution is 0.393. The second-order valence-corrected chi connectivity index (χ2v) is 9.91. The van der Waals surface area contributed by atoms with Gasteiger partial charge >= 0.3 is 0 Å². The summed E-state index contributed by atoms with van der Waals surface area (Å²) in [5.41, 5.74) is 6.59. The van der Waals surface area contributed by atoms with E-state index in [1.54, 1.807) is 0 Å². The molecule has 0 saturated heterocycles. The van der Waals surface area contributed by atoms with Gasteiger partial charge in [-0.1, -0.05) is 34.1 Å². The summed E-state index contributed by atoms with van der Waals surface area (Å²) in [6.45, 7) is 14.9. The molecule has 0 amide bonds. The summed E-state index contributed by atoms with van der Waals surface area (Å²) in [4.78, 5) is 17.3. The van der Waals surface area contributed by atoms with Gasteiger partial charge in [-0.15, -0.1) is 0 Å². The zero-order valence-electron chi connectivity index (χ0n) is 22.4. The number of hydrogen-bond acceptors (Lipinski definition) is 6. The normalized spacial score (nSPS) is 12.0. The lowest BCUT2D eigenvalue weighted by atomic mass is 10.1. The third-order valence-electron chi connectivity index (χ3n) is 6.50. The van der Waals surface area contributed by atoms with Crippen LogP contribution in [0.25, 0.3) is 22.4 Å². The fourth-order valence-corrected chi connectivity index (χ4v) is 4.37. The molecule has 3 aromatic rings. The molecular formula is C27H43N7. The van der Waals surface area contributed by atoms with Crippen LogP contribution in [0.2, 0.25) is 0 Å². The van der Waals surface area contributed by atoms with Gasteiger partial charge in [-0.3, -0.25) is 0 Å². The van der Waals surface area contributed by atoms with Gasteiger partial charge in [0.05, 0.1) is 23.1 Å². The molecule has 0 aromatic carbocycles. The Kier molecular flexibility index (Phi) is 9.00. The first-order valence-corrected chi connectivity index (χ1v) is 12.9. The molecule has 3 heterocycles. The number of aryl methyl sites for hydroxylation is 2. The molecule has 0 aliphatic carbocycles. The van der Waals surface area contributed by atoms with E-state index in [1.165, 1.54) is 12.8 Å². The third kappa shape index (κ3) is 5.93. The first-order chi connectivity index (χ1) is 16.3. The summed E-state index contributed by atoms with van der Waals surface area (Å²) in [6, 6.07) is 4.61. The van der Waals surface area contributed by atoms with Gasteiger partial charge in [0.15, 0.2) is 5.65 Å². The summed E-state index contributed by atoms with van der Waals surface area (Å²) in [5, 5.41) is 8.43. The predicted octanol–water partition coefficient (Wildman–Crippen LogP) is 6.13. The van der Waals surface area contributed by atoms with Gasteiger partial charge in [-0.05, 0) is 78.2 Å². The maximum absolute atomic E-state index is 5.10. The van der Waals surface area contributed by atoms with E-state index in [2.05, 4.69) is 68.8 Å². The standard InChI is InChI=1S/C27H43N7/c1-9-21(10-2)34-27-25(20(6)32-34)31-24(19(5)29-27)22-14-15-23(18(3)4)30-26(22)28-16-12-11-13-17-33(7)8/h14-15,18,21H,9-13,16-17H2,1-8H3,(H,28,30). The number of aromatic nitrogens is 5. The Bertz CT molecular complexity index is 1080. The molecule has 7 heteroatoms. The van der Waals surface area contributed by atoms with E-state index in [0.717, 1.165) is 77.7 Å². The van der Waals surface area contributed by atoms with E-state index in [0.29, 0.717) is 12.0 Å². The SMILES string of the molecule is CCC(CC)n1nc(C)c2nc(-c3ccc(C(C)C)nc3NCCCCCN(C)C)c(C)nc21. The van der Waals surface area contributed by atoms with Crippen LogP contribution < -0.4 is 5.32 Å². The van der Waals surface area contributed by atoms with Crippen molar-refractivity contribution in [1.82, 2.24) is 29.6 Å². The molecule has 34 heavy (non-hydrogen) atoms. The zero-order chi connectivity index (χ0) is 24.8. The Hall–Kier alpha value is -2.54. The van der Waals surface area contributed by atoms with Crippen molar-refractivity contribution in [2.75, 3.05) is 32.5 Å². The van der Waals surface area contributed by atoms with Crippen molar-refractivity contribution in [2.45, 2.75) is 85.6 Å². The largest absolute Gasteiger partial charge is 0.370 e. The number of pyridine rings is 1. The fourth-order valence-electron chi connectivity index (χ4n) is 4.37. The number of rotatable bonds is 12. The molecular weight excluding hydrogens is 422 g/mol. The highest BCUT2D eigenvalue weighted by Crippen LogP contribution is 2.32. The third-order valence-corrected chi connectivity index (χ3v) is 6.50. The molecule has 0 atom stereocenters. The Morgan fingerprint density at radius 1 is 0.941 bits per heavy atom. The molecule has 0 unspecified atom stereocenters.